The third kappa shape index (κ3) is 2.71. The highest BCUT2D eigenvalue weighted by atomic mass is 16.4. The van der Waals surface area contributed by atoms with Crippen LogP contribution in [0.15, 0.2) is 6.20 Å². The van der Waals surface area contributed by atoms with Crippen LogP contribution >= 0.6 is 0 Å². The maximum absolute atomic E-state index is 10.8. The van der Waals surface area contributed by atoms with Gasteiger partial charge < -0.3 is 15.5 Å². The van der Waals surface area contributed by atoms with Crippen LogP contribution in [0, 0.1) is 12.8 Å². The number of aromatic carboxylic acids is 1. The molecule has 0 amide bonds. The molecule has 0 saturated heterocycles. The van der Waals surface area contributed by atoms with E-state index in [9.17, 15) is 4.79 Å². The Hall–Kier alpha value is -1.69. The monoisotopic (exact) mass is 237 g/mol. The summed E-state index contributed by atoms with van der Waals surface area (Å²) < 4.78 is 0. The van der Waals surface area contributed by atoms with Gasteiger partial charge in [0, 0.05) is 12.7 Å². The van der Waals surface area contributed by atoms with Crippen molar-refractivity contribution in [3.05, 3.63) is 17.5 Å². The number of nitrogens with zero attached hydrogens (tertiary/aromatic N) is 2. The summed E-state index contributed by atoms with van der Waals surface area (Å²) in [6, 6.07) is 0. The first kappa shape index (κ1) is 11.8. The molecule has 1 aromatic rings. The normalized spacial score (nSPS) is 22.9. The van der Waals surface area contributed by atoms with Crippen molar-refractivity contribution >= 4 is 11.9 Å². The number of carbonyl (C=O) groups is 1. The smallest absolute Gasteiger partial charge is 0.339 e. The number of hydrogen-bond acceptors (Lipinski definition) is 5. The standard InChI is InChI=1S/C11H15N3O3/c1-6-9(10(16)17)5-13-11(14-6)12-4-7-2-8(15)3-7/h5,7-8,15H,2-4H2,1H3,(H,16,17)(H,12,13,14). The van der Waals surface area contributed by atoms with E-state index in [0.717, 1.165) is 12.8 Å². The summed E-state index contributed by atoms with van der Waals surface area (Å²) >= 11 is 0. The first-order chi connectivity index (χ1) is 8.06. The van der Waals surface area contributed by atoms with Crippen molar-refractivity contribution < 1.29 is 15.0 Å². The van der Waals surface area contributed by atoms with Crippen molar-refractivity contribution in [3.8, 4) is 0 Å². The molecular formula is C11H15N3O3. The second-order valence-corrected chi connectivity index (χ2v) is 4.37. The summed E-state index contributed by atoms with van der Waals surface area (Å²) in [6.07, 6.45) is 2.75. The van der Waals surface area contributed by atoms with Crippen molar-refractivity contribution in [2.75, 3.05) is 11.9 Å². The van der Waals surface area contributed by atoms with Crippen LogP contribution in [0.5, 0.6) is 0 Å². The number of carboxylic acid groups (broad SMARTS) is 1. The highest BCUT2D eigenvalue weighted by Crippen LogP contribution is 2.26. The van der Waals surface area contributed by atoms with Crippen LogP contribution in [0.3, 0.4) is 0 Å². The van der Waals surface area contributed by atoms with Crippen LogP contribution < -0.4 is 5.32 Å². The zero-order valence-electron chi connectivity index (χ0n) is 9.55. The molecule has 17 heavy (non-hydrogen) atoms. The Morgan fingerprint density at radius 1 is 1.59 bits per heavy atom. The molecule has 0 aliphatic heterocycles. The molecule has 3 N–H and O–H groups in total. The summed E-state index contributed by atoms with van der Waals surface area (Å²) in [6.45, 7) is 2.35. The van der Waals surface area contributed by atoms with Gasteiger partial charge in [0.2, 0.25) is 5.95 Å². The molecule has 0 unspecified atom stereocenters. The van der Waals surface area contributed by atoms with Gasteiger partial charge >= 0.3 is 5.97 Å². The predicted molar refractivity (Wildman–Crippen MR) is 60.9 cm³/mol. The zero-order valence-corrected chi connectivity index (χ0v) is 9.55. The van der Waals surface area contributed by atoms with Crippen LogP contribution in [0.25, 0.3) is 0 Å². The molecule has 0 bridgehead atoms. The van der Waals surface area contributed by atoms with Gasteiger partial charge in [-0.15, -0.1) is 0 Å². The average Bonchev–Trinajstić information content (AvgIpc) is 2.22. The van der Waals surface area contributed by atoms with E-state index < -0.39 is 5.97 Å². The van der Waals surface area contributed by atoms with Crippen LogP contribution in [0.1, 0.15) is 28.9 Å². The maximum Gasteiger partial charge on any atom is 0.339 e. The maximum atomic E-state index is 10.8. The summed E-state index contributed by atoms with van der Waals surface area (Å²) in [4.78, 5) is 18.8. The summed E-state index contributed by atoms with van der Waals surface area (Å²) in [5.41, 5.74) is 0.568. The Morgan fingerprint density at radius 3 is 2.82 bits per heavy atom. The summed E-state index contributed by atoms with van der Waals surface area (Å²) in [7, 11) is 0. The molecule has 6 nitrogen and oxygen atoms in total. The van der Waals surface area contributed by atoms with E-state index in [2.05, 4.69) is 15.3 Å². The number of aliphatic hydroxyl groups excluding tert-OH is 1. The van der Waals surface area contributed by atoms with Gasteiger partial charge in [-0.25, -0.2) is 14.8 Å². The van der Waals surface area contributed by atoms with Crippen molar-refractivity contribution in [1.29, 1.82) is 0 Å². The lowest BCUT2D eigenvalue weighted by atomic mass is 9.82. The van der Waals surface area contributed by atoms with Crippen molar-refractivity contribution in [1.82, 2.24) is 9.97 Å². The van der Waals surface area contributed by atoms with E-state index in [4.69, 9.17) is 10.2 Å². The summed E-state index contributed by atoms with van der Waals surface area (Å²) in [5.74, 6) is -0.127. The topological polar surface area (TPSA) is 95.3 Å². The predicted octanol–water partition coefficient (Wildman–Crippen LogP) is 0.666. The zero-order chi connectivity index (χ0) is 12.4. The highest BCUT2D eigenvalue weighted by molar-refractivity contribution is 5.88. The van der Waals surface area contributed by atoms with Gasteiger partial charge in [-0.2, -0.15) is 0 Å². The Kier molecular flexibility index (Phi) is 3.23. The number of aliphatic hydroxyl groups is 1. The minimum absolute atomic E-state index is 0.120. The molecule has 0 aromatic carbocycles. The second-order valence-electron chi connectivity index (χ2n) is 4.37. The minimum Gasteiger partial charge on any atom is -0.478 e. The molecule has 1 aliphatic carbocycles. The lowest BCUT2D eigenvalue weighted by Crippen LogP contribution is -2.33. The Morgan fingerprint density at radius 2 is 2.29 bits per heavy atom. The first-order valence-electron chi connectivity index (χ1n) is 5.55. The minimum atomic E-state index is -1.02. The molecule has 0 atom stereocenters. The molecule has 0 radical (unpaired) electrons. The fourth-order valence-electron chi connectivity index (χ4n) is 1.87. The lowest BCUT2D eigenvalue weighted by molar-refractivity contribution is 0.0486. The third-order valence-corrected chi connectivity index (χ3v) is 2.97. The quantitative estimate of drug-likeness (QED) is 0.712. The average molecular weight is 237 g/mol. The molecular weight excluding hydrogens is 222 g/mol. The molecule has 6 heteroatoms. The molecule has 2 rings (SSSR count). The second kappa shape index (κ2) is 4.67. The Balaban J connectivity index is 1.93. The van der Waals surface area contributed by atoms with Gasteiger partial charge in [0.05, 0.1) is 17.4 Å². The fourth-order valence-corrected chi connectivity index (χ4v) is 1.87. The van der Waals surface area contributed by atoms with Gasteiger partial charge in [0.1, 0.15) is 0 Å². The molecule has 1 heterocycles. The lowest BCUT2D eigenvalue weighted by Gasteiger charge is -2.31. The number of aromatic nitrogens is 2. The number of carboxylic acids is 1. The van der Waals surface area contributed by atoms with E-state index in [1.165, 1.54) is 6.20 Å². The Labute approximate surface area is 98.7 Å². The summed E-state index contributed by atoms with van der Waals surface area (Å²) in [5, 5.41) is 21.0. The molecule has 1 saturated carbocycles. The van der Waals surface area contributed by atoms with Gasteiger partial charge in [0.25, 0.3) is 0 Å². The molecule has 1 fully saturated rings. The van der Waals surface area contributed by atoms with E-state index in [0.29, 0.717) is 24.1 Å². The van der Waals surface area contributed by atoms with Crippen molar-refractivity contribution in [3.63, 3.8) is 0 Å². The number of rotatable bonds is 4. The van der Waals surface area contributed by atoms with Gasteiger partial charge in [-0.05, 0) is 25.7 Å². The first-order valence-corrected chi connectivity index (χ1v) is 5.55. The fraction of sp³-hybridized carbons (Fsp3) is 0.545. The van der Waals surface area contributed by atoms with Crippen molar-refractivity contribution in [2.24, 2.45) is 5.92 Å². The van der Waals surface area contributed by atoms with E-state index in [-0.39, 0.29) is 11.7 Å². The number of anilines is 1. The van der Waals surface area contributed by atoms with Crippen LogP contribution in [-0.2, 0) is 0 Å². The van der Waals surface area contributed by atoms with Crippen LogP contribution in [0.2, 0.25) is 0 Å². The van der Waals surface area contributed by atoms with E-state index >= 15 is 0 Å². The number of aryl methyl sites for hydroxylation is 1. The Bertz CT molecular complexity index is 430. The number of hydrogen-bond donors (Lipinski definition) is 3. The van der Waals surface area contributed by atoms with E-state index in [1.54, 1.807) is 6.92 Å². The molecule has 1 aliphatic rings. The number of nitrogens with one attached hydrogen (secondary N) is 1. The van der Waals surface area contributed by atoms with Gasteiger partial charge in [-0.1, -0.05) is 0 Å². The van der Waals surface area contributed by atoms with Crippen LogP contribution in [-0.4, -0.2) is 38.8 Å². The molecule has 1 aromatic heterocycles. The van der Waals surface area contributed by atoms with E-state index in [1.807, 2.05) is 0 Å². The molecule has 0 spiro atoms. The van der Waals surface area contributed by atoms with Crippen molar-refractivity contribution in [2.45, 2.75) is 25.9 Å². The third-order valence-electron chi connectivity index (χ3n) is 2.97. The van der Waals surface area contributed by atoms with Gasteiger partial charge in [0.15, 0.2) is 0 Å². The largest absolute Gasteiger partial charge is 0.478 e. The van der Waals surface area contributed by atoms with Gasteiger partial charge in [-0.3, -0.25) is 0 Å². The SMILES string of the molecule is Cc1nc(NCC2CC(O)C2)ncc1C(=O)O. The highest BCUT2D eigenvalue weighted by Gasteiger charge is 2.26. The van der Waals surface area contributed by atoms with Crippen LogP contribution in [0.4, 0.5) is 5.95 Å². The molecule has 92 valence electrons.